The van der Waals surface area contributed by atoms with Gasteiger partial charge in [-0.15, -0.1) is 0 Å². The van der Waals surface area contributed by atoms with E-state index >= 15 is 0 Å². The maximum Gasteiger partial charge on any atom is 0.164 e. The number of ketones is 1. The van der Waals surface area contributed by atoms with Gasteiger partial charge in [0.25, 0.3) is 0 Å². The molecule has 0 radical (unpaired) electrons. The van der Waals surface area contributed by atoms with Gasteiger partial charge in [0.05, 0.1) is 16.9 Å². The molecule has 0 aliphatic carbocycles. The van der Waals surface area contributed by atoms with Crippen molar-refractivity contribution in [1.82, 2.24) is 0 Å². The molecule has 0 saturated heterocycles. The van der Waals surface area contributed by atoms with Gasteiger partial charge in [-0.25, -0.2) is 8.78 Å². The molecule has 2 aromatic carbocycles. The molecule has 0 spiro atoms. The molecule has 4 heteroatoms. The minimum Gasteiger partial charge on any atom is -0.342 e. The second-order valence-corrected chi connectivity index (χ2v) is 4.20. The van der Waals surface area contributed by atoms with Gasteiger partial charge in [-0.1, -0.05) is 18.2 Å². The van der Waals surface area contributed by atoms with Gasteiger partial charge in [0.15, 0.2) is 5.78 Å². The number of hydrogen-bond donors (Lipinski definition) is 0. The van der Waals surface area contributed by atoms with E-state index in [1.165, 1.54) is 30.0 Å². The maximum atomic E-state index is 13.7. The van der Waals surface area contributed by atoms with Crippen LogP contribution in [0.3, 0.4) is 0 Å². The summed E-state index contributed by atoms with van der Waals surface area (Å²) < 4.78 is 27.5. The Hall–Kier alpha value is -2.23. The topological polar surface area (TPSA) is 20.3 Å². The molecule has 0 amide bonds. The number of carbonyl (C=O) groups is 1. The SMILES string of the molecule is CC(=O)c1c(F)cccc1N(C)c1ccccc1F. The monoisotopic (exact) mass is 261 g/mol. The van der Waals surface area contributed by atoms with Crippen molar-refractivity contribution in [3.05, 3.63) is 59.7 Å². The highest BCUT2D eigenvalue weighted by Gasteiger charge is 2.18. The lowest BCUT2D eigenvalue weighted by molar-refractivity contribution is 0.101. The van der Waals surface area contributed by atoms with Crippen molar-refractivity contribution >= 4 is 17.2 Å². The van der Waals surface area contributed by atoms with Crippen molar-refractivity contribution in [2.24, 2.45) is 0 Å². The summed E-state index contributed by atoms with van der Waals surface area (Å²) in [4.78, 5) is 13.0. The molecule has 19 heavy (non-hydrogen) atoms. The molecule has 0 fully saturated rings. The largest absolute Gasteiger partial charge is 0.342 e. The van der Waals surface area contributed by atoms with Gasteiger partial charge in [0, 0.05) is 7.05 Å². The lowest BCUT2D eigenvalue weighted by atomic mass is 10.1. The van der Waals surface area contributed by atoms with Gasteiger partial charge in [-0.05, 0) is 31.2 Å². The number of rotatable bonds is 3. The summed E-state index contributed by atoms with van der Waals surface area (Å²) in [6, 6.07) is 10.4. The summed E-state index contributed by atoms with van der Waals surface area (Å²) in [5, 5.41) is 0. The Labute approximate surface area is 110 Å². The average molecular weight is 261 g/mol. The van der Waals surface area contributed by atoms with Crippen LogP contribution in [0.5, 0.6) is 0 Å². The van der Waals surface area contributed by atoms with E-state index in [1.807, 2.05) is 0 Å². The van der Waals surface area contributed by atoms with Crippen LogP contribution in [0.25, 0.3) is 0 Å². The average Bonchev–Trinajstić information content (AvgIpc) is 2.37. The Morgan fingerprint density at radius 2 is 1.53 bits per heavy atom. The van der Waals surface area contributed by atoms with Gasteiger partial charge in [-0.2, -0.15) is 0 Å². The molecule has 2 rings (SSSR count). The van der Waals surface area contributed by atoms with Crippen molar-refractivity contribution in [2.45, 2.75) is 6.92 Å². The first-order valence-electron chi connectivity index (χ1n) is 5.80. The molecule has 0 bridgehead atoms. The molecule has 2 aromatic rings. The molecule has 0 heterocycles. The van der Waals surface area contributed by atoms with Crippen LogP contribution in [0.15, 0.2) is 42.5 Å². The van der Waals surface area contributed by atoms with E-state index < -0.39 is 17.4 Å². The van der Waals surface area contributed by atoms with E-state index in [9.17, 15) is 13.6 Å². The number of nitrogens with zero attached hydrogens (tertiary/aromatic N) is 1. The Balaban J connectivity index is 2.57. The number of para-hydroxylation sites is 1. The van der Waals surface area contributed by atoms with Crippen LogP contribution >= 0.6 is 0 Å². The third-order valence-corrected chi connectivity index (χ3v) is 2.92. The minimum atomic E-state index is -0.604. The highest BCUT2D eigenvalue weighted by atomic mass is 19.1. The standard InChI is InChI=1S/C15H13F2NO/c1-10(19)15-12(17)7-5-9-14(15)18(2)13-8-4-3-6-11(13)16/h3-9H,1-2H3. The number of halogens is 2. The fourth-order valence-electron chi connectivity index (χ4n) is 1.99. The highest BCUT2D eigenvalue weighted by Crippen LogP contribution is 2.30. The van der Waals surface area contributed by atoms with E-state index in [0.29, 0.717) is 5.69 Å². The molecule has 0 saturated carbocycles. The number of anilines is 2. The summed E-state index contributed by atoms with van der Waals surface area (Å²) in [7, 11) is 1.60. The number of Topliss-reactive ketones (excluding diaryl/α,β-unsaturated/α-hetero) is 1. The minimum absolute atomic E-state index is 0.0340. The summed E-state index contributed by atoms with van der Waals surface area (Å²) in [6.07, 6.45) is 0. The lowest BCUT2D eigenvalue weighted by Crippen LogP contribution is -2.15. The summed E-state index contributed by atoms with van der Waals surface area (Å²) in [6.45, 7) is 1.29. The first-order valence-corrected chi connectivity index (χ1v) is 5.80. The molecule has 0 unspecified atom stereocenters. The van der Waals surface area contributed by atoms with Crippen molar-refractivity contribution in [3.8, 4) is 0 Å². The van der Waals surface area contributed by atoms with Crippen molar-refractivity contribution < 1.29 is 13.6 Å². The van der Waals surface area contributed by atoms with Crippen LogP contribution in [-0.4, -0.2) is 12.8 Å². The lowest BCUT2D eigenvalue weighted by Gasteiger charge is -2.22. The zero-order valence-corrected chi connectivity index (χ0v) is 10.7. The first kappa shape index (κ1) is 13.2. The Bertz CT molecular complexity index is 625. The number of benzene rings is 2. The van der Waals surface area contributed by atoms with Crippen molar-refractivity contribution in [3.63, 3.8) is 0 Å². The molecule has 0 aliphatic rings. The Morgan fingerprint density at radius 1 is 0.947 bits per heavy atom. The van der Waals surface area contributed by atoms with Crippen molar-refractivity contribution in [2.75, 3.05) is 11.9 Å². The van der Waals surface area contributed by atoms with Crippen LogP contribution < -0.4 is 4.90 Å². The van der Waals surface area contributed by atoms with Crippen LogP contribution in [0.4, 0.5) is 20.2 Å². The van der Waals surface area contributed by atoms with E-state index in [1.54, 1.807) is 31.3 Å². The summed E-state index contributed by atoms with van der Waals surface area (Å²) in [5.74, 6) is -1.42. The van der Waals surface area contributed by atoms with Crippen LogP contribution in [0.2, 0.25) is 0 Å². The van der Waals surface area contributed by atoms with Crippen molar-refractivity contribution in [1.29, 1.82) is 0 Å². The predicted molar refractivity (Wildman–Crippen MR) is 70.9 cm³/mol. The second-order valence-electron chi connectivity index (χ2n) is 4.20. The number of carbonyl (C=O) groups excluding carboxylic acids is 1. The fraction of sp³-hybridized carbons (Fsp3) is 0.133. The van der Waals surface area contributed by atoms with E-state index in [4.69, 9.17) is 0 Å². The molecule has 0 aliphatic heterocycles. The summed E-state index contributed by atoms with van der Waals surface area (Å²) >= 11 is 0. The zero-order valence-electron chi connectivity index (χ0n) is 10.7. The quantitative estimate of drug-likeness (QED) is 0.780. The molecule has 98 valence electrons. The second kappa shape index (κ2) is 5.18. The van der Waals surface area contributed by atoms with Gasteiger partial charge in [0.2, 0.25) is 0 Å². The number of hydrogen-bond acceptors (Lipinski definition) is 2. The Kier molecular flexibility index (Phi) is 3.60. The summed E-state index contributed by atoms with van der Waals surface area (Å²) in [5.41, 5.74) is 0.599. The Morgan fingerprint density at radius 3 is 2.16 bits per heavy atom. The van der Waals surface area contributed by atoms with Crippen LogP contribution in [0.1, 0.15) is 17.3 Å². The normalized spacial score (nSPS) is 10.3. The van der Waals surface area contributed by atoms with E-state index in [2.05, 4.69) is 0 Å². The van der Waals surface area contributed by atoms with Gasteiger partial charge in [-0.3, -0.25) is 4.79 Å². The van der Waals surface area contributed by atoms with Crippen LogP contribution in [0, 0.1) is 11.6 Å². The predicted octanol–water partition coefficient (Wildman–Crippen LogP) is 3.94. The molecular formula is C15H13F2NO. The zero-order chi connectivity index (χ0) is 14.0. The molecule has 2 nitrogen and oxygen atoms in total. The van der Waals surface area contributed by atoms with Gasteiger partial charge >= 0.3 is 0 Å². The highest BCUT2D eigenvalue weighted by molar-refractivity contribution is 6.00. The smallest absolute Gasteiger partial charge is 0.164 e. The molecule has 0 aromatic heterocycles. The van der Waals surface area contributed by atoms with E-state index in [-0.39, 0.29) is 11.3 Å². The van der Waals surface area contributed by atoms with E-state index in [0.717, 1.165) is 0 Å². The molecule has 0 atom stereocenters. The first-order chi connectivity index (χ1) is 9.02. The molecular weight excluding hydrogens is 248 g/mol. The van der Waals surface area contributed by atoms with Gasteiger partial charge < -0.3 is 4.90 Å². The fourth-order valence-corrected chi connectivity index (χ4v) is 1.99. The third kappa shape index (κ3) is 2.47. The third-order valence-electron chi connectivity index (χ3n) is 2.92. The van der Waals surface area contributed by atoms with Gasteiger partial charge in [0.1, 0.15) is 11.6 Å². The van der Waals surface area contributed by atoms with Crippen LogP contribution in [-0.2, 0) is 0 Å². The maximum absolute atomic E-state index is 13.7. The molecule has 0 N–H and O–H groups in total.